The predicted molar refractivity (Wildman–Crippen MR) is 41.2 cm³/mol. The Morgan fingerprint density at radius 1 is 1.55 bits per heavy atom. The lowest BCUT2D eigenvalue weighted by Crippen LogP contribution is -2.09. The van der Waals surface area contributed by atoms with Crippen LogP contribution in [-0.2, 0) is 0 Å². The Morgan fingerprint density at radius 2 is 2.45 bits per heavy atom. The smallest absolute Gasteiger partial charge is 0.137 e. The fourth-order valence-corrected chi connectivity index (χ4v) is 1.57. The van der Waals surface area contributed by atoms with Gasteiger partial charge in [0.15, 0.2) is 0 Å². The molecule has 1 aromatic heterocycles. The van der Waals surface area contributed by atoms with Crippen molar-refractivity contribution >= 4 is 0 Å². The van der Waals surface area contributed by atoms with Crippen molar-refractivity contribution in [2.75, 3.05) is 13.1 Å². The molecule has 2 atom stereocenters. The van der Waals surface area contributed by atoms with Gasteiger partial charge in [-0.2, -0.15) is 5.10 Å². The maximum absolute atomic E-state index is 4.14. The van der Waals surface area contributed by atoms with Gasteiger partial charge in [0.2, 0.25) is 0 Å². The number of hydrogen-bond acceptors (Lipinski definition) is 3. The molecule has 0 spiro atoms. The lowest BCUT2D eigenvalue weighted by Gasteiger charge is -2.08. The number of aromatic amines is 1. The SMILES string of the molecule is CC1CNCC1c1ncn[nH]1. The zero-order valence-corrected chi connectivity index (χ0v) is 6.54. The van der Waals surface area contributed by atoms with Gasteiger partial charge in [-0.05, 0) is 12.5 Å². The van der Waals surface area contributed by atoms with Gasteiger partial charge < -0.3 is 5.32 Å². The second kappa shape index (κ2) is 2.62. The largest absolute Gasteiger partial charge is 0.316 e. The highest BCUT2D eigenvalue weighted by Crippen LogP contribution is 2.23. The van der Waals surface area contributed by atoms with Crippen LogP contribution in [0.5, 0.6) is 0 Å². The minimum atomic E-state index is 0.525. The molecule has 0 saturated carbocycles. The number of nitrogens with zero attached hydrogens (tertiary/aromatic N) is 2. The molecule has 2 N–H and O–H groups in total. The summed E-state index contributed by atoms with van der Waals surface area (Å²) in [5.41, 5.74) is 0. The molecule has 2 heterocycles. The van der Waals surface area contributed by atoms with E-state index in [1.165, 1.54) is 0 Å². The molecule has 0 amide bonds. The third-order valence-corrected chi connectivity index (χ3v) is 2.30. The maximum Gasteiger partial charge on any atom is 0.137 e. The quantitative estimate of drug-likeness (QED) is 0.601. The summed E-state index contributed by atoms with van der Waals surface area (Å²) >= 11 is 0. The van der Waals surface area contributed by atoms with Crippen molar-refractivity contribution in [3.8, 4) is 0 Å². The van der Waals surface area contributed by atoms with E-state index in [1.807, 2.05) is 0 Å². The second-order valence-electron chi connectivity index (χ2n) is 3.11. The molecule has 1 fully saturated rings. The first-order chi connectivity index (χ1) is 5.38. The van der Waals surface area contributed by atoms with Crippen molar-refractivity contribution < 1.29 is 0 Å². The molecule has 0 bridgehead atoms. The Hall–Kier alpha value is -0.900. The van der Waals surface area contributed by atoms with E-state index in [9.17, 15) is 0 Å². The van der Waals surface area contributed by atoms with Crippen LogP contribution in [0.3, 0.4) is 0 Å². The standard InChI is InChI=1S/C7H12N4/c1-5-2-8-3-6(5)7-9-4-10-11-7/h4-6,8H,2-3H2,1H3,(H,9,10,11). The molecule has 1 aliphatic heterocycles. The van der Waals surface area contributed by atoms with E-state index in [4.69, 9.17) is 0 Å². The molecule has 1 aromatic rings. The number of hydrogen-bond donors (Lipinski definition) is 2. The van der Waals surface area contributed by atoms with Crippen LogP contribution in [0.4, 0.5) is 0 Å². The normalized spacial score (nSPS) is 31.0. The molecule has 4 nitrogen and oxygen atoms in total. The molecule has 11 heavy (non-hydrogen) atoms. The van der Waals surface area contributed by atoms with Crippen LogP contribution in [0.1, 0.15) is 18.7 Å². The van der Waals surface area contributed by atoms with Crippen LogP contribution in [0.15, 0.2) is 6.33 Å². The number of H-pyrrole nitrogens is 1. The summed E-state index contributed by atoms with van der Waals surface area (Å²) in [5, 5.41) is 10.1. The average molecular weight is 152 g/mol. The maximum atomic E-state index is 4.14. The number of nitrogens with one attached hydrogen (secondary N) is 2. The van der Waals surface area contributed by atoms with Crippen LogP contribution in [0.25, 0.3) is 0 Å². The predicted octanol–water partition coefficient (Wildman–Crippen LogP) is 0.128. The molecule has 2 unspecified atom stereocenters. The van der Waals surface area contributed by atoms with Gasteiger partial charge in [-0.15, -0.1) is 0 Å². The Bertz CT molecular complexity index is 218. The minimum Gasteiger partial charge on any atom is -0.316 e. The van der Waals surface area contributed by atoms with E-state index in [2.05, 4.69) is 27.4 Å². The van der Waals surface area contributed by atoms with Gasteiger partial charge in [0.1, 0.15) is 12.2 Å². The first kappa shape index (κ1) is 6.79. The minimum absolute atomic E-state index is 0.525. The van der Waals surface area contributed by atoms with E-state index in [-0.39, 0.29) is 0 Å². The van der Waals surface area contributed by atoms with E-state index in [0.29, 0.717) is 11.8 Å². The third kappa shape index (κ3) is 1.14. The molecule has 1 saturated heterocycles. The fourth-order valence-electron chi connectivity index (χ4n) is 1.57. The lowest BCUT2D eigenvalue weighted by atomic mass is 9.98. The molecule has 0 aliphatic carbocycles. The van der Waals surface area contributed by atoms with Crippen molar-refractivity contribution in [1.29, 1.82) is 0 Å². The molecule has 1 aliphatic rings. The number of rotatable bonds is 1. The van der Waals surface area contributed by atoms with Crippen LogP contribution in [-0.4, -0.2) is 28.3 Å². The van der Waals surface area contributed by atoms with Crippen molar-refractivity contribution in [2.24, 2.45) is 5.92 Å². The molecular weight excluding hydrogens is 140 g/mol. The van der Waals surface area contributed by atoms with Crippen LogP contribution in [0.2, 0.25) is 0 Å². The van der Waals surface area contributed by atoms with Gasteiger partial charge in [-0.25, -0.2) is 4.98 Å². The lowest BCUT2D eigenvalue weighted by molar-refractivity contribution is 0.547. The highest BCUT2D eigenvalue weighted by atomic mass is 15.2. The van der Waals surface area contributed by atoms with Gasteiger partial charge in [0, 0.05) is 12.5 Å². The summed E-state index contributed by atoms with van der Waals surface area (Å²) in [6.45, 7) is 4.34. The summed E-state index contributed by atoms with van der Waals surface area (Å²) in [6, 6.07) is 0. The summed E-state index contributed by atoms with van der Waals surface area (Å²) in [7, 11) is 0. The van der Waals surface area contributed by atoms with Crippen molar-refractivity contribution in [3.05, 3.63) is 12.2 Å². The van der Waals surface area contributed by atoms with E-state index < -0.39 is 0 Å². The van der Waals surface area contributed by atoms with Gasteiger partial charge in [0.25, 0.3) is 0 Å². The zero-order valence-electron chi connectivity index (χ0n) is 6.54. The monoisotopic (exact) mass is 152 g/mol. The zero-order chi connectivity index (χ0) is 7.68. The summed E-state index contributed by atoms with van der Waals surface area (Å²) < 4.78 is 0. The van der Waals surface area contributed by atoms with E-state index >= 15 is 0 Å². The molecule has 2 rings (SSSR count). The van der Waals surface area contributed by atoms with Crippen molar-refractivity contribution in [1.82, 2.24) is 20.5 Å². The molecule has 4 heteroatoms. The molecule has 0 aromatic carbocycles. The van der Waals surface area contributed by atoms with E-state index in [1.54, 1.807) is 6.33 Å². The molecular formula is C7H12N4. The Kier molecular flexibility index (Phi) is 1.62. The summed E-state index contributed by atoms with van der Waals surface area (Å²) in [5.74, 6) is 2.21. The van der Waals surface area contributed by atoms with Crippen LogP contribution in [0, 0.1) is 5.92 Å². The molecule has 60 valence electrons. The first-order valence-corrected chi connectivity index (χ1v) is 3.94. The first-order valence-electron chi connectivity index (χ1n) is 3.94. The van der Waals surface area contributed by atoms with E-state index in [0.717, 1.165) is 18.9 Å². The van der Waals surface area contributed by atoms with Crippen molar-refractivity contribution in [2.45, 2.75) is 12.8 Å². The van der Waals surface area contributed by atoms with Gasteiger partial charge in [0.05, 0.1) is 0 Å². The summed E-state index contributed by atoms with van der Waals surface area (Å²) in [4.78, 5) is 4.14. The van der Waals surface area contributed by atoms with Crippen molar-refractivity contribution in [3.63, 3.8) is 0 Å². The number of aromatic nitrogens is 3. The van der Waals surface area contributed by atoms with Crippen LogP contribution < -0.4 is 5.32 Å². The fraction of sp³-hybridized carbons (Fsp3) is 0.714. The second-order valence-corrected chi connectivity index (χ2v) is 3.11. The third-order valence-electron chi connectivity index (χ3n) is 2.30. The average Bonchev–Trinajstić information content (AvgIpc) is 2.55. The van der Waals surface area contributed by atoms with Gasteiger partial charge in [-0.1, -0.05) is 6.92 Å². The molecule has 0 radical (unpaired) electrons. The van der Waals surface area contributed by atoms with Crippen LogP contribution >= 0.6 is 0 Å². The Balaban J connectivity index is 2.16. The highest BCUT2D eigenvalue weighted by molar-refractivity contribution is 5.00. The summed E-state index contributed by atoms with van der Waals surface area (Å²) in [6.07, 6.45) is 1.57. The van der Waals surface area contributed by atoms with Gasteiger partial charge in [-0.3, -0.25) is 5.10 Å². The Labute approximate surface area is 65.4 Å². The topological polar surface area (TPSA) is 53.6 Å². The Morgan fingerprint density at radius 3 is 3.00 bits per heavy atom. The van der Waals surface area contributed by atoms with Gasteiger partial charge >= 0.3 is 0 Å². The highest BCUT2D eigenvalue weighted by Gasteiger charge is 2.26.